The van der Waals surface area contributed by atoms with E-state index < -0.39 is 9.84 Å². The second kappa shape index (κ2) is 5.58. The van der Waals surface area contributed by atoms with E-state index in [0.717, 1.165) is 10.9 Å². The fourth-order valence-corrected chi connectivity index (χ4v) is 1.94. The van der Waals surface area contributed by atoms with Crippen LogP contribution in [-0.2, 0) is 16.4 Å². The Hall–Kier alpha value is -0.460. The van der Waals surface area contributed by atoms with E-state index in [2.05, 4.69) is 5.32 Å². The van der Waals surface area contributed by atoms with Crippen LogP contribution in [0.25, 0.3) is 0 Å². The quantitative estimate of drug-likeness (QED) is 0.605. The Morgan fingerprint density at radius 3 is 2.73 bits per heavy atom. The van der Waals surface area contributed by atoms with Gasteiger partial charge >= 0.3 is 0 Å². The Labute approximate surface area is 94.3 Å². The Balaban J connectivity index is 2.26. The first-order valence-electron chi connectivity index (χ1n) is 4.52. The maximum Gasteiger partial charge on any atom is 0.160 e. The molecule has 0 unspecified atom stereocenters. The molecule has 0 aliphatic heterocycles. The monoisotopic (exact) mass is 249 g/mol. The molecule has 0 spiro atoms. The van der Waals surface area contributed by atoms with Crippen LogP contribution in [0.3, 0.4) is 0 Å². The van der Waals surface area contributed by atoms with Crippen LogP contribution in [0.2, 0.25) is 0 Å². The van der Waals surface area contributed by atoms with Crippen molar-refractivity contribution in [2.75, 3.05) is 24.8 Å². The summed E-state index contributed by atoms with van der Waals surface area (Å²) in [7, 11) is -2.88. The Bertz CT molecular complexity index is 397. The standard InChI is InChI=1S/C9H15NO3S2/c1-14-9-4-3-8(13-9)7-10-5-6-15(2,11)12/h3-4,10H,5-7H2,1-2H3. The maximum atomic E-state index is 10.8. The molecule has 1 aromatic heterocycles. The van der Waals surface area contributed by atoms with Crippen LogP contribution in [0.4, 0.5) is 0 Å². The van der Waals surface area contributed by atoms with Crippen LogP contribution in [-0.4, -0.2) is 33.2 Å². The van der Waals surface area contributed by atoms with Crippen LogP contribution in [0.1, 0.15) is 5.76 Å². The average Bonchev–Trinajstić information content (AvgIpc) is 2.59. The van der Waals surface area contributed by atoms with Crippen molar-refractivity contribution in [3.05, 3.63) is 17.9 Å². The van der Waals surface area contributed by atoms with E-state index in [9.17, 15) is 8.42 Å². The van der Waals surface area contributed by atoms with Crippen molar-refractivity contribution in [3.63, 3.8) is 0 Å². The minimum Gasteiger partial charge on any atom is -0.454 e. The molecule has 0 aromatic carbocycles. The minimum absolute atomic E-state index is 0.156. The molecule has 6 heteroatoms. The molecular formula is C9H15NO3S2. The summed E-state index contributed by atoms with van der Waals surface area (Å²) in [4.78, 5) is 0. The maximum absolute atomic E-state index is 10.8. The van der Waals surface area contributed by atoms with Crippen molar-refractivity contribution in [3.8, 4) is 0 Å². The predicted octanol–water partition coefficient (Wildman–Crippen LogP) is 1.14. The van der Waals surface area contributed by atoms with E-state index in [0.29, 0.717) is 13.1 Å². The van der Waals surface area contributed by atoms with Gasteiger partial charge in [0.2, 0.25) is 0 Å². The van der Waals surface area contributed by atoms with Crippen molar-refractivity contribution in [2.24, 2.45) is 0 Å². The smallest absolute Gasteiger partial charge is 0.160 e. The normalized spacial score (nSPS) is 11.9. The van der Waals surface area contributed by atoms with Crippen molar-refractivity contribution in [1.82, 2.24) is 5.32 Å². The van der Waals surface area contributed by atoms with Gasteiger partial charge in [0, 0.05) is 12.8 Å². The summed E-state index contributed by atoms with van der Waals surface area (Å²) in [5.74, 6) is 0.983. The number of furan rings is 1. The Morgan fingerprint density at radius 2 is 2.20 bits per heavy atom. The van der Waals surface area contributed by atoms with Gasteiger partial charge in [-0.3, -0.25) is 0 Å². The topological polar surface area (TPSA) is 59.3 Å². The van der Waals surface area contributed by atoms with Gasteiger partial charge < -0.3 is 9.73 Å². The third kappa shape index (κ3) is 5.25. The summed E-state index contributed by atoms with van der Waals surface area (Å²) in [5.41, 5.74) is 0. The van der Waals surface area contributed by atoms with E-state index in [1.807, 2.05) is 18.4 Å². The fraction of sp³-hybridized carbons (Fsp3) is 0.556. The predicted molar refractivity (Wildman–Crippen MR) is 61.9 cm³/mol. The molecule has 0 saturated carbocycles. The van der Waals surface area contributed by atoms with E-state index in [4.69, 9.17) is 4.42 Å². The van der Waals surface area contributed by atoms with Gasteiger partial charge in [-0.25, -0.2) is 8.42 Å². The van der Waals surface area contributed by atoms with Crippen LogP contribution in [0.15, 0.2) is 21.6 Å². The molecule has 0 saturated heterocycles. The highest BCUT2D eigenvalue weighted by Crippen LogP contribution is 2.17. The summed E-state index contributed by atoms with van der Waals surface area (Å²) in [6.07, 6.45) is 3.17. The first kappa shape index (κ1) is 12.6. The summed E-state index contributed by atoms with van der Waals surface area (Å²) in [5, 5.41) is 3.88. The van der Waals surface area contributed by atoms with E-state index in [1.54, 1.807) is 11.8 Å². The van der Waals surface area contributed by atoms with Crippen molar-refractivity contribution >= 4 is 21.6 Å². The summed E-state index contributed by atoms with van der Waals surface area (Å²) >= 11 is 1.54. The van der Waals surface area contributed by atoms with Gasteiger partial charge in [0.25, 0.3) is 0 Å². The third-order valence-electron chi connectivity index (χ3n) is 1.79. The molecule has 1 rings (SSSR count). The molecule has 0 aliphatic carbocycles. The molecule has 0 fully saturated rings. The van der Waals surface area contributed by atoms with Gasteiger partial charge in [-0.05, 0) is 18.4 Å². The molecular weight excluding hydrogens is 234 g/mol. The zero-order chi connectivity index (χ0) is 11.3. The Kier molecular flexibility index (Phi) is 4.69. The SMILES string of the molecule is CSc1ccc(CNCCS(C)(=O)=O)o1. The number of hydrogen-bond donors (Lipinski definition) is 1. The number of sulfone groups is 1. The molecule has 4 nitrogen and oxygen atoms in total. The molecule has 1 N–H and O–H groups in total. The van der Waals surface area contributed by atoms with Crippen LogP contribution >= 0.6 is 11.8 Å². The van der Waals surface area contributed by atoms with Gasteiger partial charge in [-0.2, -0.15) is 0 Å². The molecule has 15 heavy (non-hydrogen) atoms. The number of nitrogens with one attached hydrogen (secondary N) is 1. The highest BCUT2D eigenvalue weighted by Gasteiger charge is 2.03. The van der Waals surface area contributed by atoms with Gasteiger partial charge in [-0.1, -0.05) is 11.8 Å². The lowest BCUT2D eigenvalue weighted by atomic mass is 10.4. The van der Waals surface area contributed by atoms with Crippen LogP contribution < -0.4 is 5.32 Å². The Morgan fingerprint density at radius 1 is 1.47 bits per heavy atom. The third-order valence-corrected chi connectivity index (χ3v) is 3.35. The fourth-order valence-electron chi connectivity index (χ4n) is 1.03. The first-order valence-corrected chi connectivity index (χ1v) is 7.81. The van der Waals surface area contributed by atoms with Gasteiger partial charge in [0.15, 0.2) is 5.09 Å². The minimum atomic E-state index is -2.88. The second-order valence-electron chi connectivity index (χ2n) is 3.23. The van der Waals surface area contributed by atoms with Crippen LogP contribution in [0.5, 0.6) is 0 Å². The largest absolute Gasteiger partial charge is 0.454 e. The average molecular weight is 249 g/mol. The summed E-state index contributed by atoms with van der Waals surface area (Å²) in [6.45, 7) is 1.02. The summed E-state index contributed by atoms with van der Waals surface area (Å²) < 4.78 is 27.1. The summed E-state index contributed by atoms with van der Waals surface area (Å²) in [6, 6.07) is 3.79. The molecule has 0 amide bonds. The van der Waals surface area contributed by atoms with Crippen molar-refractivity contribution < 1.29 is 12.8 Å². The van der Waals surface area contributed by atoms with E-state index in [1.165, 1.54) is 6.26 Å². The molecule has 0 aliphatic rings. The molecule has 0 atom stereocenters. The van der Waals surface area contributed by atoms with Crippen molar-refractivity contribution in [1.29, 1.82) is 0 Å². The van der Waals surface area contributed by atoms with Crippen molar-refractivity contribution in [2.45, 2.75) is 11.6 Å². The molecule has 1 heterocycles. The zero-order valence-electron chi connectivity index (χ0n) is 8.82. The highest BCUT2D eigenvalue weighted by molar-refractivity contribution is 7.98. The lowest BCUT2D eigenvalue weighted by Gasteiger charge is -2.00. The molecule has 0 bridgehead atoms. The van der Waals surface area contributed by atoms with Gasteiger partial charge in [0.05, 0.1) is 12.3 Å². The lowest BCUT2D eigenvalue weighted by Crippen LogP contribution is -2.21. The molecule has 0 radical (unpaired) electrons. The zero-order valence-corrected chi connectivity index (χ0v) is 10.5. The second-order valence-corrected chi connectivity index (χ2v) is 6.30. The number of hydrogen-bond acceptors (Lipinski definition) is 5. The van der Waals surface area contributed by atoms with E-state index in [-0.39, 0.29) is 5.75 Å². The first-order chi connectivity index (χ1) is 7.01. The van der Waals surface area contributed by atoms with E-state index >= 15 is 0 Å². The lowest BCUT2D eigenvalue weighted by molar-refractivity contribution is 0.419. The number of rotatable bonds is 6. The van der Waals surface area contributed by atoms with Crippen LogP contribution in [0, 0.1) is 0 Å². The number of thioether (sulfide) groups is 1. The molecule has 86 valence electrons. The molecule has 1 aromatic rings. The highest BCUT2D eigenvalue weighted by atomic mass is 32.2. The van der Waals surface area contributed by atoms with Gasteiger partial charge in [0.1, 0.15) is 15.6 Å². The van der Waals surface area contributed by atoms with Gasteiger partial charge in [-0.15, -0.1) is 0 Å².